The number of carbonyl (C=O) groups excluding carboxylic acids is 1. The number of likely N-dealkylation sites (N-methyl/N-ethyl adjacent to an activating group) is 1. The van der Waals surface area contributed by atoms with Crippen LogP contribution in [0.2, 0.25) is 0 Å². The van der Waals surface area contributed by atoms with Gasteiger partial charge in [-0.3, -0.25) is 4.79 Å². The Kier molecular flexibility index (Phi) is 6.69. The maximum atomic E-state index is 12.2. The average molecular weight is 378 g/mol. The van der Waals surface area contributed by atoms with E-state index in [4.69, 9.17) is 9.15 Å². The Morgan fingerprint density at radius 3 is 2.42 bits per heavy atom. The number of rotatable bonds is 7. The number of nitrogens with zero attached hydrogens (tertiary/aromatic N) is 3. The highest BCUT2D eigenvalue weighted by Gasteiger charge is 2.22. The van der Waals surface area contributed by atoms with E-state index < -0.39 is 0 Å². The second kappa shape index (κ2) is 8.58. The number of hydrogen-bond acceptors (Lipinski definition) is 6. The van der Waals surface area contributed by atoms with E-state index in [1.165, 1.54) is 11.8 Å². The van der Waals surface area contributed by atoms with E-state index >= 15 is 0 Å². The third kappa shape index (κ3) is 6.05. The number of aryl methyl sites for hydroxylation is 2. The number of hydrogen-bond donors (Lipinski definition) is 0. The highest BCUT2D eigenvalue weighted by Crippen LogP contribution is 2.24. The topological polar surface area (TPSA) is 68.5 Å². The number of thioether (sulfide) groups is 1. The smallest absolute Gasteiger partial charge is 0.277 e. The van der Waals surface area contributed by atoms with Crippen LogP contribution in [0.5, 0.6) is 5.75 Å². The molecule has 0 fully saturated rings. The minimum absolute atomic E-state index is 0.00506. The lowest BCUT2D eigenvalue weighted by molar-refractivity contribution is -0.127. The summed E-state index contributed by atoms with van der Waals surface area (Å²) in [5, 5.41) is 8.43. The maximum absolute atomic E-state index is 12.2. The summed E-state index contributed by atoms with van der Waals surface area (Å²) in [5.41, 5.74) is 2.13. The van der Waals surface area contributed by atoms with Crippen molar-refractivity contribution in [3.8, 4) is 5.75 Å². The number of aromatic nitrogens is 2. The van der Waals surface area contributed by atoms with Crippen LogP contribution in [0.15, 0.2) is 27.8 Å². The Hall–Kier alpha value is -2.02. The first-order chi connectivity index (χ1) is 12.1. The second-order valence-corrected chi connectivity index (χ2v) is 8.33. The standard InChI is InChI=1S/C19H27N3O3S/c1-13-9-14(2)11-15(10-13)24-8-7-22(6)16(23)12-26-18-21-20-17(25-18)19(3,4)5/h9-11H,7-8,12H2,1-6H3. The lowest BCUT2D eigenvalue weighted by atomic mass is 9.97. The number of benzene rings is 1. The molecule has 0 bridgehead atoms. The minimum atomic E-state index is -0.196. The van der Waals surface area contributed by atoms with Crippen LogP contribution in [-0.4, -0.2) is 47.0 Å². The van der Waals surface area contributed by atoms with Crippen molar-refractivity contribution in [2.45, 2.75) is 45.3 Å². The zero-order valence-electron chi connectivity index (χ0n) is 16.3. The van der Waals surface area contributed by atoms with Crippen molar-refractivity contribution in [1.29, 1.82) is 0 Å². The van der Waals surface area contributed by atoms with Crippen LogP contribution in [0.4, 0.5) is 0 Å². The van der Waals surface area contributed by atoms with Gasteiger partial charge in [-0.15, -0.1) is 10.2 Å². The van der Waals surface area contributed by atoms with E-state index in [1.807, 2.05) is 46.8 Å². The van der Waals surface area contributed by atoms with Crippen molar-refractivity contribution in [3.63, 3.8) is 0 Å². The molecule has 1 heterocycles. The van der Waals surface area contributed by atoms with Crippen molar-refractivity contribution in [1.82, 2.24) is 15.1 Å². The molecule has 0 radical (unpaired) electrons. The first-order valence-electron chi connectivity index (χ1n) is 8.57. The van der Waals surface area contributed by atoms with Gasteiger partial charge in [-0.2, -0.15) is 0 Å². The molecule has 2 aromatic rings. The average Bonchev–Trinajstić information content (AvgIpc) is 3.00. The molecule has 0 aliphatic heterocycles. The van der Waals surface area contributed by atoms with Gasteiger partial charge in [0.2, 0.25) is 11.8 Å². The van der Waals surface area contributed by atoms with E-state index in [0.717, 1.165) is 16.9 Å². The van der Waals surface area contributed by atoms with Crippen LogP contribution in [0.1, 0.15) is 37.8 Å². The van der Waals surface area contributed by atoms with Gasteiger partial charge in [0.15, 0.2) is 0 Å². The highest BCUT2D eigenvalue weighted by atomic mass is 32.2. The monoisotopic (exact) mass is 377 g/mol. The number of amides is 1. The fraction of sp³-hybridized carbons (Fsp3) is 0.526. The highest BCUT2D eigenvalue weighted by molar-refractivity contribution is 7.99. The Bertz CT molecular complexity index is 732. The SMILES string of the molecule is Cc1cc(C)cc(OCCN(C)C(=O)CSc2nnc(C(C)(C)C)o2)c1. The van der Waals surface area contributed by atoms with Crippen LogP contribution in [0.3, 0.4) is 0 Å². The molecular formula is C19H27N3O3S. The zero-order chi connectivity index (χ0) is 19.3. The largest absolute Gasteiger partial charge is 0.492 e. The first-order valence-corrected chi connectivity index (χ1v) is 9.55. The molecule has 142 valence electrons. The Morgan fingerprint density at radius 2 is 1.85 bits per heavy atom. The number of carbonyl (C=O) groups is 1. The van der Waals surface area contributed by atoms with Gasteiger partial charge in [-0.05, 0) is 37.1 Å². The normalized spacial score (nSPS) is 11.5. The summed E-state index contributed by atoms with van der Waals surface area (Å²) >= 11 is 1.26. The van der Waals surface area contributed by atoms with Gasteiger partial charge >= 0.3 is 0 Å². The van der Waals surface area contributed by atoms with E-state index in [2.05, 4.69) is 16.3 Å². The molecule has 0 unspecified atom stereocenters. The molecule has 0 saturated heterocycles. The number of ether oxygens (including phenoxy) is 1. The third-order valence-corrected chi connectivity index (χ3v) is 4.49. The minimum Gasteiger partial charge on any atom is -0.492 e. The Balaban J connectivity index is 1.76. The molecule has 0 N–H and O–H groups in total. The van der Waals surface area contributed by atoms with Gasteiger partial charge in [-0.25, -0.2) is 0 Å². The fourth-order valence-corrected chi connectivity index (χ4v) is 2.95. The predicted molar refractivity (Wildman–Crippen MR) is 103 cm³/mol. The molecule has 6 nitrogen and oxygen atoms in total. The quantitative estimate of drug-likeness (QED) is 0.687. The molecule has 26 heavy (non-hydrogen) atoms. The Labute approximate surface area is 159 Å². The van der Waals surface area contributed by atoms with E-state index in [-0.39, 0.29) is 17.1 Å². The summed E-state index contributed by atoms with van der Waals surface area (Å²) in [6.07, 6.45) is 0. The van der Waals surface area contributed by atoms with Crippen molar-refractivity contribution >= 4 is 17.7 Å². The third-order valence-electron chi connectivity index (χ3n) is 3.68. The van der Waals surface area contributed by atoms with Gasteiger partial charge in [-0.1, -0.05) is 38.6 Å². The molecular weight excluding hydrogens is 350 g/mol. The zero-order valence-corrected chi connectivity index (χ0v) is 17.1. The molecule has 0 aliphatic rings. The van der Waals surface area contributed by atoms with Crippen LogP contribution in [0.25, 0.3) is 0 Å². The summed E-state index contributed by atoms with van der Waals surface area (Å²) in [4.78, 5) is 13.9. The van der Waals surface area contributed by atoms with Gasteiger partial charge in [0.1, 0.15) is 12.4 Å². The second-order valence-electron chi connectivity index (χ2n) is 7.40. The summed E-state index contributed by atoms with van der Waals surface area (Å²) in [7, 11) is 1.77. The van der Waals surface area contributed by atoms with Gasteiger partial charge < -0.3 is 14.1 Å². The summed E-state index contributed by atoms with van der Waals surface area (Å²) in [5.74, 6) is 1.65. The van der Waals surface area contributed by atoms with Crippen molar-refractivity contribution in [2.24, 2.45) is 0 Å². The van der Waals surface area contributed by atoms with Crippen molar-refractivity contribution < 1.29 is 13.9 Å². The molecule has 1 amide bonds. The molecule has 2 rings (SSSR count). The Morgan fingerprint density at radius 1 is 1.19 bits per heavy atom. The molecule has 1 aromatic carbocycles. The van der Waals surface area contributed by atoms with E-state index in [0.29, 0.717) is 24.3 Å². The molecule has 1 aromatic heterocycles. The summed E-state index contributed by atoms with van der Waals surface area (Å²) in [6.45, 7) is 11.1. The molecule has 0 atom stereocenters. The van der Waals surface area contributed by atoms with Crippen LogP contribution < -0.4 is 4.74 Å². The van der Waals surface area contributed by atoms with Crippen LogP contribution in [-0.2, 0) is 10.2 Å². The van der Waals surface area contributed by atoms with Crippen molar-refractivity contribution in [3.05, 3.63) is 35.2 Å². The summed E-state index contributed by atoms with van der Waals surface area (Å²) < 4.78 is 11.3. The van der Waals surface area contributed by atoms with Crippen LogP contribution >= 0.6 is 11.8 Å². The predicted octanol–water partition coefficient (Wildman–Crippen LogP) is 3.61. The molecule has 0 aliphatic carbocycles. The molecule has 0 saturated carbocycles. The van der Waals surface area contributed by atoms with Gasteiger partial charge in [0, 0.05) is 12.5 Å². The van der Waals surface area contributed by atoms with Gasteiger partial charge in [0.05, 0.1) is 12.3 Å². The van der Waals surface area contributed by atoms with Crippen LogP contribution in [0, 0.1) is 13.8 Å². The molecule has 7 heteroatoms. The maximum Gasteiger partial charge on any atom is 0.277 e. The first kappa shape index (κ1) is 20.3. The lowest BCUT2D eigenvalue weighted by Gasteiger charge is -2.17. The lowest BCUT2D eigenvalue weighted by Crippen LogP contribution is -2.32. The summed E-state index contributed by atoms with van der Waals surface area (Å²) in [6, 6.07) is 6.09. The fourth-order valence-electron chi connectivity index (χ4n) is 2.25. The van der Waals surface area contributed by atoms with E-state index in [9.17, 15) is 4.79 Å². The van der Waals surface area contributed by atoms with Gasteiger partial charge in [0.25, 0.3) is 5.22 Å². The molecule has 0 spiro atoms. The van der Waals surface area contributed by atoms with E-state index in [1.54, 1.807) is 11.9 Å². The van der Waals surface area contributed by atoms with Crippen molar-refractivity contribution in [2.75, 3.05) is 26.0 Å².